The normalized spacial score (nSPS) is 10.8. The van der Waals surface area contributed by atoms with E-state index in [4.69, 9.17) is 56.8 Å². The van der Waals surface area contributed by atoms with Crippen LogP contribution in [-0.4, -0.2) is 104 Å². The number of benzene rings is 6. The summed E-state index contributed by atoms with van der Waals surface area (Å²) in [5, 5.41) is 3.28. The zero-order valence-electron chi connectivity index (χ0n) is 41.9. The average molecular weight is 1220 g/mol. The van der Waals surface area contributed by atoms with Crippen LogP contribution in [0, 0.1) is 0 Å². The first kappa shape index (κ1) is 70.8. The topological polar surface area (TPSA) is 213 Å². The number of hydrogen-bond donors (Lipinski definition) is 0. The molecular formula is C63H74O18S3. The third-order valence-corrected chi connectivity index (χ3v) is 15.2. The molecule has 9 aromatic rings. The lowest BCUT2D eigenvalue weighted by molar-refractivity contribution is -0.427. The minimum atomic E-state index is -1.79. The fraction of sp³-hybridized carbons (Fsp3) is 0.333. The standard InChI is InChI=1S/C57H50O18S3.6CH4/c1-2-57(73-33-64-21-24-67-51(58)30-70-36-15-18-48-42(27-36)54(61)39-9-3-6-12-45(39)76-48,74-34-65-22-25-68-52(59)31-71-37-16-19-49-43(28-37)55(62)40-10-4-7-13-46(40)77-49)75-35-66-23-26-69-53(60)32-72-38-17-20-50-44(29-38)56(63)41-11-5-8-14-47(41)78-50;;;;;;/h3-20,27-29H,2,21-26,30-35H2,1H3;6*1H4. The molecule has 0 fully saturated rings. The van der Waals surface area contributed by atoms with Crippen LogP contribution >= 0.6 is 34.0 Å². The Morgan fingerprint density at radius 1 is 0.369 bits per heavy atom. The lowest BCUT2D eigenvalue weighted by Crippen LogP contribution is -2.41. The first-order chi connectivity index (χ1) is 38.1. The van der Waals surface area contributed by atoms with Gasteiger partial charge in [0.05, 0.1) is 19.8 Å². The molecule has 6 aromatic carbocycles. The predicted molar refractivity (Wildman–Crippen MR) is 335 cm³/mol. The maximum atomic E-state index is 13.1. The third kappa shape index (κ3) is 18.3. The van der Waals surface area contributed by atoms with Gasteiger partial charge >= 0.3 is 17.9 Å². The minimum absolute atomic E-state index is 0. The molecule has 21 heteroatoms. The van der Waals surface area contributed by atoms with E-state index >= 15 is 0 Å². The van der Waals surface area contributed by atoms with E-state index in [0.717, 1.165) is 28.2 Å². The fourth-order valence-corrected chi connectivity index (χ4v) is 11.0. The van der Waals surface area contributed by atoms with Gasteiger partial charge < -0.3 is 56.8 Å². The zero-order valence-corrected chi connectivity index (χ0v) is 44.3. The lowest BCUT2D eigenvalue weighted by Gasteiger charge is -2.31. The lowest BCUT2D eigenvalue weighted by atomic mass is 10.2. The molecule has 0 radical (unpaired) electrons. The highest BCUT2D eigenvalue weighted by Crippen LogP contribution is 2.30. The summed E-state index contributed by atoms with van der Waals surface area (Å²) in [6.45, 7) is -1.38. The Kier molecular flexibility index (Phi) is 29.0. The van der Waals surface area contributed by atoms with Crippen molar-refractivity contribution in [2.75, 3.05) is 79.8 Å². The number of ether oxygens (including phenoxy) is 12. The second-order valence-corrected chi connectivity index (χ2v) is 20.1. The number of esters is 3. The van der Waals surface area contributed by atoms with E-state index in [1.807, 2.05) is 54.6 Å². The van der Waals surface area contributed by atoms with Crippen molar-refractivity contribution < 1.29 is 71.2 Å². The van der Waals surface area contributed by atoms with E-state index in [-0.39, 0.29) is 107 Å². The van der Waals surface area contributed by atoms with Crippen molar-refractivity contribution in [1.29, 1.82) is 0 Å². The van der Waals surface area contributed by atoms with Gasteiger partial charge in [0.15, 0.2) is 56.5 Å². The van der Waals surface area contributed by atoms with Gasteiger partial charge in [0.25, 0.3) is 5.97 Å². The minimum Gasteiger partial charge on any atom is -0.482 e. The first-order valence-corrected chi connectivity index (χ1v) is 26.9. The van der Waals surface area contributed by atoms with Crippen LogP contribution in [0.3, 0.4) is 0 Å². The Bertz CT molecular complexity index is 3400. The molecule has 0 aliphatic carbocycles. The second-order valence-electron chi connectivity index (χ2n) is 16.8. The number of hydrogen-bond acceptors (Lipinski definition) is 21. The van der Waals surface area contributed by atoms with Gasteiger partial charge in [-0.05, 0) is 91.0 Å². The molecule has 0 aliphatic heterocycles. The Labute approximate surface area is 500 Å². The van der Waals surface area contributed by atoms with Gasteiger partial charge in [0.2, 0.25) is 0 Å². The molecule has 452 valence electrons. The predicted octanol–water partition coefficient (Wildman–Crippen LogP) is 12.9. The first-order valence-electron chi connectivity index (χ1n) is 24.4. The smallest absolute Gasteiger partial charge is 0.344 e. The van der Waals surface area contributed by atoms with Crippen LogP contribution in [0.25, 0.3) is 60.5 Å². The van der Waals surface area contributed by atoms with Gasteiger partial charge in [-0.1, -0.05) is 87.9 Å². The third-order valence-electron chi connectivity index (χ3n) is 11.7. The van der Waals surface area contributed by atoms with Crippen molar-refractivity contribution >= 4 is 112 Å². The summed E-state index contributed by atoms with van der Waals surface area (Å²) in [5.74, 6) is -2.77. The maximum Gasteiger partial charge on any atom is 0.344 e. The molecule has 0 unspecified atom stereocenters. The molecule has 3 aromatic heterocycles. The molecule has 0 bridgehead atoms. The van der Waals surface area contributed by atoms with Crippen LogP contribution in [0.15, 0.2) is 142 Å². The SMILES string of the molecule is C.C.C.C.C.C.CCC(OCOCCOC(=O)COc1ccc2sc3ccccc3c(=O)c2c1)(OCOCCOC(=O)COc1ccc2sc3ccccc3c(=O)c2c1)OCOCCOC(=O)COc1ccc2sc3ccccc3c(=O)c2c1. The summed E-state index contributed by atoms with van der Waals surface area (Å²) in [6.07, 6.45) is 0.0898. The molecule has 0 N–H and O–H groups in total. The van der Waals surface area contributed by atoms with E-state index in [2.05, 4.69) is 0 Å². The average Bonchev–Trinajstić information content (AvgIpc) is 1.45. The molecule has 9 rings (SSSR count). The van der Waals surface area contributed by atoms with Crippen LogP contribution in [0.5, 0.6) is 17.2 Å². The summed E-state index contributed by atoms with van der Waals surface area (Å²) in [6, 6.07) is 37.3. The Morgan fingerprint density at radius 3 is 0.929 bits per heavy atom. The molecule has 0 amide bonds. The van der Waals surface area contributed by atoms with E-state index in [1.54, 1.807) is 79.7 Å². The number of rotatable bonds is 28. The van der Waals surface area contributed by atoms with Crippen molar-refractivity contribution in [1.82, 2.24) is 0 Å². The fourth-order valence-electron chi connectivity index (χ4n) is 7.81. The molecule has 0 aliphatic rings. The Morgan fingerprint density at radius 2 is 0.643 bits per heavy atom. The van der Waals surface area contributed by atoms with Crippen molar-refractivity contribution in [3.8, 4) is 17.2 Å². The highest BCUT2D eigenvalue weighted by Gasteiger charge is 2.32. The molecular weight excluding hydrogens is 1140 g/mol. The number of carbonyl (C=O) groups excluding carboxylic acids is 3. The number of carbonyl (C=O) groups is 3. The summed E-state index contributed by atoms with van der Waals surface area (Å²) >= 11 is 4.46. The highest BCUT2D eigenvalue weighted by atomic mass is 32.1. The van der Waals surface area contributed by atoms with Gasteiger partial charge in [-0.25, -0.2) is 14.4 Å². The van der Waals surface area contributed by atoms with Crippen LogP contribution < -0.4 is 30.5 Å². The molecule has 0 saturated carbocycles. The van der Waals surface area contributed by atoms with E-state index < -0.39 is 64.1 Å². The molecule has 0 atom stereocenters. The summed E-state index contributed by atoms with van der Waals surface area (Å²) in [4.78, 5) is 76.8. The van der Waals surface area contributed by atoms with Gasteiger partial charge in [0, 0.05) is 66.9 Å². The second kappa shape index (κ2) is 34.4. The number of fused-ring (bicyclic) bond motifs is 6. The van der Waals surface area contributed by atoms with E-state index in [1.165, 1.54) is 34.0 Å². The molecule has 84 heavy (non-hydrogen) atoms. The molecule has 0 spiro atoms. The van der Waals surface area contributed by atoms with Crippen molar-refractivity contribution in [3.05, 3.63) is 158 Å². The van der Waals surface area contributed by atoms with E-state index in [9.17, 15) is 28.8 Å². The van der Waals surface area contributed by atoms with Gasteiger partial charge in [-0.3, -0.25) is 14.4 Å². The van der Waals surface area contributed by atoms with Gasteiger partial charge in [0.1, 0.15) is 37.1 Å². The summed E-state index contributed by atoms with van der Waals surface area (Å²) in [7, 11) is 0. The molecule has 0 saturated heterocycles. The maximum absolute atomic E-state index is 13.1. The molecule has 18 nitrogen and oxygen atoms in total. The van der Waals surface area contributed by atoms with Crippen LogP contribution in [0.2, 0.25) is 0 Å². The van der Waals surface area contributed by atoms with Crippen molar-refractivity contribution in [2.24, 2.45) is 0 Å². The van der Waals surface area contributed by atoms with E-state index in [0.29, 0.717) is 49.6 Å². The summed E-state index contributed by atoms with van der Waals surface area (Å²) in [5.41, 5.74) is -0.372. The van der Waals surface area contributed by atoms with Crippen LogP contribution in [-0.2, 0) is 57.0 Å². The largest absolute Gasteiger partial charge is 0.482 e. The quantitative estimate of drug-likeness (QED) is 0.0147. The summed E-state index contributed by atoms with van der Waals surface area (Å²) < 4.78 is 71.9. The van der Waals surface area contributed by atoms with Gasteiger partial charge in [-0.15, -0.1) is 34.0 Å². The zero-order chi connectivity index (χ0) is 54.3. The Balaban J connectivity index is 0.00000308. The highest BCUT2D eigenvalue weighted by molar-refractivity contribution is 7.25. The van der Waals surface area contributed by atoms with Gasteiger partial charge in [-0.2, -0.15) is 0 Å². The van der Waals surface area contributed by atoms with Crippen molar-refractivity contribution in [3.63, 3.8) is 0 Å². The van der Waals surface area contributed by atoms with Crippen LogP contribution in [0.1, 0.15) is 57.9 Å². The monoisotopic (exact) mass is 1210 g/mol. The van der Waals surface area contributed by atoms with Crippen LogP contribution in [0.4, 0.5) is 0 Å². The molecule has 3 heterocycles. The Hall–Kier alpha value is -7.44. The van der Waals surface area contributed by atoms with Crippen molar-refractivity contribution in [2.45, 2.75) is 63.9 Å².